The van der Waals surface area contributed by atoms with Crippen molar-refractivity contribution in [2.75, 3.05) is 33.1 Å². The lowest BCUT2D eigenvalue weighted by Gasteiger charge is -2.15. The van der Waals surface area contributed by atoms with Gasteiger partial charge in [0.15, 0.2) is 5.71 Å². The van der Waals surface area contributed by atoms with Gasteiger partial charge in [-0.2, -0.15) is 0 Å². The van der Waals surface area contributed by atoms with Crippen LogP contribution in [0.1, 0.15) is 11.3 Å². The van der Waals surface area contributed by atoms with E-state index in [1.54, 1.807) is 6.07 Å². The van der Waals surface area contributed by atoms with Crippen LogP contribution in [0.5, 0.6) is 0 Å². The molecule has 0 atom stereocenters. The van der Waals surface area contributed by atoms with E-state index >= 15 is 0 Å². The van der Waals surface area contributed by atoms with Crippen molar-refractivity contribution in [2.45, 2.75) is 0 Å². The second-order valence-corrected chi connectivity index (χ2v) is 6.65. The summed E-state index contributed by atoms with van der Waals surface area (Å²) in [5, 5.41) is 11.0. The molecule has 0 aliphatic heterocycles. The summed E-state index contributed by atoms with van der Waals surface area (Å²) in [5.41, 5.74) is 4.83. The van der Waals surface area contributed by atoms with E-state index in [2.05, 4.69) is 0 Å². The van der Waals surface area contributed by atoms with Crippen molar-refractivity contribution in [1.82, 2.24) is 0 Å². The predicted octanol–water partition coefficient (Wildman–Crippen LogP) is 3.89. The number of nitrogens with zero attached hydrogens (tertiary/aromatic N) is 3. The Labute approximate surface area is 158 Å². The second-order valence-electron chi connectivity index (χ2n) is 6.65. The summed E-state index contributed by atoms with van der Waals surface area (Å²) in [7, 11) is 7.93. The highest BCUT2D eigenvalue weighted by atomic mass is 16.6. The maximum Gasteiger partial charge on any atom is 0.433 e. The van der Waals surface area contributed by atoms with Crippen molar-refractivity contribution in [3.8, 4) is 0 Å². The monoisotopic (exact) mass is 364 g/mol. The Morgan fingerprint density at radius 2 is 1.59 bits per heavy atom. The van der Waals surface area contributed by atoms with Gasteiger partial charge in [0.05, 0.1) is 6.07 Å². The molecule has 0 fully saturated rings. The molecule has 6 nitrogen and oxygen atoms in total. The van der Waals surface area contributed by atoms with Crippen LogP contribution in [0.25, 0.3) is 5.57 Å². The third kappa shape index (κ3) is 3.89. The van der Waals surface area contributed by atoms with Gasteiger partial charge in [0.1, 0.15) is 24.8 Å². The van der Waals surface area contributed by atoms with Crippen molar-refractivity contribution in [3.05, 3.63) is 87.7 Å². The first-order valence-corrected chi connectivity index (χ1v) is 8.54. The molecular weight excluding hydrogens is 342 g/mol. The molecule has 1 aliphatic carbocycles. The van der Waals surface area contributed by atoms with Crippen LogP contribution in [0.15, 0.2) is 70.7 Å². The Kier molecular flexibility index (Phi) is 5.07. The highest BCUT2D eigenvalue weighted by Crippen LogP contribution is 2.33. The summed E-state index contributed by atoms with van der Waals surface area (Å²) in [5.74, 6) is 0.203. The van der Waals surface area contributed by atoms with Crippen molar-refractivity contribution in [3.63, 3.8) is 0 Å². The van der Waals surface area contributed by atoms with Crippen LogP contribution in [-0.4, -0.2) is 43.4 Å². The lowest BCUT2D eigenvalue weighted by molar-refractivity contribution is -0.462. The molecular formula is C21H22N3O3+. The Morgan fingerprint density at radius 1 is 0.963 bits per heavy atom. The van der Waals surface area contributed by atoms with Gasteiger partial charge in [-0.05, 0) is 41.5 Å². The standard InChI is InChI=1S/C21H22N3O3/c1-22(2)17-9-5-15(6-10-17)21(19-13-14-20(27-19)24(25)26)16-7-11-18(12-8-16)23(3)4/h5-14H,1-4H3/q+1. The average molecular weight is 364 g/mol. The quantitative estimate of drug-likeness (QED) is 0.469. The molecule has 3 rings (SSSR count). The summed E-state index contributed by atoms with van der Waals surface area (Å²) >= 11 is 0. The van der Waals surface area contributed by atoms with Crippen LogP contribution in [0.3, 0.4) is 0 Å². The molecule has 138 valence electrons. The molecule has 1 aromatic carbocycles. The molecule has 0 bridgehead atoms. The zero-order valence-corrected chi connectivity index (χ0v) is 15.8. The summed E-state index contributed by atoms with van der Waals surface area (Å²) in [4.78, 5) is 12.5. The Hall–Kier alpha value is -3.41. The van der Waals surface area contributed by atoms with Crippen LogP contribution in [-0.2, 0) is 0 Å². The van der Waals surface area contributed by atoms with E-state index in [1.807, 2.05) is 86.2 Å². The first-order chi connectivity index (χ1) is 12.9. The van der Waals surface area contributed by atoms with Crippen molar-refractivity contribution < 1.29 is 13.9 Å². The topological polar surface area (TPSA) is 62.5 Å². The molecule has 0 N–H and O–H groups in total. The van der Waals surface area contributed by atoms with Crippen LogP contribution >= 0.6 is 0 Å². The zero-order chi connectivity index (χ0) is 19.6. The van der Waals surface area contributed by atoms with E-state index in [4.69, 9.17) is 4.42 Å². The SMILES string of the molecule is CN(C)c1ccc(C(=C2C=CC(=[N+](C)C)C=C2)c2ccc([N+](=O)[O-])o2)cc1. The molecule has 0 saturated carbocycles. The molecule has 0 saturated heterocycles. The van der Waals surface area contributed by atoms with Gasteiger partial charge in [-0.1, -0.05) is 12.1 Å². The number of hydrogen-bond donors (Lipinski definition) is 0. The number of anilines is 1. The number of benzene rings is 1. The molecule has 1 aliphatic rings. The fraction of sp³-hybridized carbons (Fsp3) is 0.190. The molecule has 0 radical (unpaired) electrons. The highest BCUT2D eigenvalue weighted by Gasteiger charge is 2.19. The number of furan rings is 1. The normalized spacial score (nSPS) is 13.0. The molecule has 1 aromatic heterocycles. The van der Waals surface area contributed by atoms with Crippen molar-refractivity contribution >= 4 is 22.9 Å². The Bertz CT molecular complexity index is 968. The fourth-order valence-corrected chi connectivity index (χ4v) is 2.86. The van der Waals surface area contributed by atoms with E-state index in [0.29, 0.717) is 5.76 Å². The third-order valence-electron chi connectivity index (χ3n) is 4.36. The lowest BCUT2D eigenvalue weighted by Crippen LogP contribution is -2.10. The Balaban J connectivity index is 2.14. The van der Waals surface area contributed by atoms with Crippen molar-refractivity contribution in [1.29, 1.82) is 0 Å². The third-order valence-corrected chi connectivity index (χ3v) is 4.36. The summed E-state index contributed by atoms with van der Waals surface area (Å²) in [6.45, 7) is 0. The van der Waals surface area contributed by atoms with E-state index in [0.717, 1.165) is 28.1 Å². The van der Waals surface area contributed by atoms with E-state index in [-0.39, 0.29) is 5.88 Å². The van der Waals surface area contributed by atoms with Crippen molar-refractivity contribution in [2.24, 2.45) is 0 Å². The second kappa shape index (κ2) is 7.45. The van der Waals surface area contributed by atoms with Gasteiger partial charge in [0.25, 0.3) is 0 Å². The molecule has 0 amide bonds. The minimum Gasteiger partial charge on any atom is -0.401 e. The first-order valence-electron chi connectivity index (χ1n) is 8.54. The van der Waals surface area contributed by atoms with E-state index in [1.165, 1.54) is 6.07 Å². The average Bonchev–Trinajstić information content (AvgIpc) is 3.13. The fourth-order valence-electron chi connectivity index (χ4n) is 2.86. The maximum absolute atomic E-state index is 11.0. The summed E-state index contributed by atoms with van der Waals surface area (Å²) < 4.78 is 7.54. The highest BCUT2D eigenvalue weighted by molar-refractivity contribution is 6.03. The number of hydrogen-bond acceptors (Lipinski definition) is 4. The minimum atomic E-state index is -0.522. The predicted molar refractivity (Wildman–Crippen MR) is 108 cm³/mol. The van der Waals surface area contributed by atoms with Gasteiger partial charge in [-0.15, -0.1) is 0 Å². The maximum atomic E-state index is 11.0. The molecule has 1 heterocycles. The largest absolute Gasteiger partial charge is 0.433 e. The molecule has 0 spiro atoms. The van der Waals surface area contributed by atoms with Gasteiger partial charge in [-0.25, -0.2) is 4.58 Å². The van der Waals surface area contributed by atoms with Crippen LogP contribution in [0.4, 0.5) is 11.6 Å². The van der Waals surface area contributed by atoms with E-state index in [9.17, 15) is 10.1 Å². The summed E-state index contributed by atoms with van der Waals surface area (Å²) in [6, 6.07) is 11.1. The zero-order valence-electron chi connectivity index (χ0n) is 15.8. The van der Waals surface area contributed by atoms with Gasteiger partial charge < -0.3 is 9.32 Å². The molecule has 2 aromatic rings. The van der Waals surface area contributed by atoms with Gasteiger partial charge in [0, 0.05) is 37.5 Å². The molecule has 6 heteroatoms. The first kappa shape index (κ1) is 18.4. The van der Waals surface area contributed by atoms with Gasteiger partial charge >= 0.3 is 5.88 Å². The van der Waals surface area contributed by atoms with E-state index < -0.39 is 4.92 Å². The van der Waals surface area contributed by atoms with Crippen LogP contribution in [0, 0.1) is 10.1 Å². The van der Waals surface area contributed by atoms with Gasteiger partial charge in [0.2, 0.25) is 0 Å². The number of rotatable bonds is 4. The number of nitro groups is 1. The smallest absolute Gasteiger partial charge is 0.401 e. The van der Waals surface area contributed by atoms with Crippen LogP contribution < -0.4 is 4.90 Å². The number of allylic oxidation sites excluding steroid dienone is 5. The molecule has 0 unspecified atom stereocenters. The van der Waals surface area contributed by atoms with Gasteiger partial charge in [-0.3, -0.25) is 10.1 Å². The summed E-state index contributed by atoms with van der Waals surface area (Å²) in [6.07, 6.45) is 8.03. The molecule has 27 heavy (non-hydrogen) atoms. The Morgan fingerprint density at radius 3 is 2.07 bits per heavy atom. The minimum absolute atomic E-state index is 0.266. The van der Waals surface area contributed by atoms with Crippen LogP contribution in [0.2, 0.25) is 0 Å². The lowest BCUT2D eigenvalue weighted by atomic mass is 9.94.